The van der Waals surface area contributed by atoms with Crippen LogP contribution in [0.5, 0.6) is 0 Å². The van der Waals surface area contributed by atoms with Gasteiger partial charge in [-0.25, -0.2) is 0 Å². The van der Waals surface area contributed by atoms with Gasteiger partial charge >= 0.3 is 58.2 Å². The van der Waals surface area contributed by atoms with E-state index in [0.29, 0.717) is 6.04 Å². The van der Waals surface area contributed by atoms with Crippen LogP contribution in [-0.2, 0) is 0 Å². The summed E-state index contributed by atoms with van der Waals surface area (Å²) in [7, 11) is 0. The second kappa shape index (κ2) is 6.22. The first-order valence-corrected chi connectivity index (χ1v) is 4.02. The summed E-state index contributed by atoms with van der Waals surface area (Å²) in [6, 6.07) is 1.43. The van der Waals surface area contributed by atoms with Crippen molar-refractivity contribution in [2.24, 2.45) is 0 Å². The van der Waals surface area contributed by atoms with Crippen LogP contribution in [0.1, 0.15) is 20.8 Å². The van der Waals surface area contributed by atoms with Crippen LogP contribution in [-0.4, -0.2) is 30.1 Å². The van der Waals surface area contributed by atoms with Crippen molar-refractivity contribution >= 4 is 0 Å². The fourth-order valence-corrected chi connectivity index (χ4v) is 1.28. The van der Waals surface area contributed by atoms with Gasteiger partial charge < -0.3 is 5.32 Å². The van der Waals surface area contributed by atoms with Gasteiger partial charge in [-0.05, 0) is 13.8 Å². The van der Waals surface area contributed by atoms with Gasteiger partial charge in [0.1, 0.15) is 0 Å². The van der Waals surface area contributed by atoms with Crippen LogP contribution >= 0.6 is 0 Å². The zero-order valence-electron chi connectivity index (χ0n) is 8.09. The molecule has 0 aromatic heterocycles. The van der Waals surface area contributed by atoms with Gasteiger partial charge in [-0.1, -0.05) is 0 Å². The van der Waals surface area contributed by atoms with E-state index in [0.717, 1.165) is 6.04 Å². The smallest absolute Gasteiger partial charge is 0.465 e. The third-order valence-electron chi connectivity index (χ3n) is 2.04. The Morgan fingerprint density at radius 3 is 2.36 bits per heavy atom. The Morgan fingerprint density at radius 2 is 2.00 bits per heavy atom. The third kappa shape index (κ3) is 3.96. The van der Waals surface area contributed by atoms with E-state index in [9.17, 15) is 0 Å². The van der Waals surface area contributed by atoms with E-state index in [1.165, 1.54) is 13.1 Å². The van der Waals surface area contributed by atoms with Gasteiger partial charge in [-0.3, -0.25) is 11.4 Å². The zero-order valence-corrected chi connectivity index (χ0v) is 13.0. The Hall–Kier alpha value is 1.73. The second-order valence-corrected chi connectivity index (χ2v) is 3.20. The minimum atomic E-state index is 0. The summed E-state index contributed by atoms with van der Waals surface area (Å²) in [5, 5.41) is 3.30. The molecule has 1 rings (SSSR count). The third-order valence-corrected chi connectivity index (χ3v) is 2.04. The maximum Gasteiger partial charge on any atom is 1.00 e. The van der Waals surface area contributed by atoms with Crippen molar-refractivity contribution in [3.8, 4) is 0 Å². The monoisotopic (exact) mass is 226 g/mol. The van der Waals surface area contributed by atoms with Gasteiger partial charge in [-0.2, -0.15) is 6.92 Å². The summed E-state index contributed by atoms with van der Waals surface area (Å²) in [6.45, 7) is 11.0. The quantitative estimate of drug-likeness (QED) is 0.553. The van der Waals surface area contributed by atoms with E-state index in [4.69, 9.17) is 0 Å². The van der Waals surface area contributed by atoms with Crippen molar-refractivity contribution < 1.29 is 58.2 Å². The number of nitrogens with one attached hydrogen (secondary N) is 1. The van der Waals surface area contributed by atoms with Crippen molar-refractivity contribution in [1.29, 1.82) is 0 Å². The molecule has 1 heterocycles. The number of rotatable bonds is 3. The Balaban J connectivity index is 0.000001000. The molecule has 0 bridgehead atoms. The van der Waals surface area contributed by atoms with E-state index in [1.54, 1.807) is 0 Å². The first-order chi connectivity index (χ1) is 4.74. The Kier molecular flexibility index (Phi) is 7.20. The molecule has 1 saturated heterocycles. The van der Waals surface area contributed by atoms with Crippen LogP contribution in [0.2, 0.25) is 0 Å². The van der Waals surface area contributed by atoms with Crippen LogP contribution < -0.4 is 63.5 Å². The summed E-state index contributed by atoms with van der Waals surface area (Å²) in [6.07, 6.45) is 0. The van der Waals surface area contributed by atoms with Crippen LogP contribution in [0.4, 0.5) is 0 Å². The summed E-state index contributed by atoms with van der Waals surface area (Å²) in [5.41, 5.74) is 0. The first-order valence-electron chi connectivity index (χ1n) is 4.02. The topological polar surface area (TPSA) is 15.3 Å². The number of likely N-dealkylation sites (tertiary alicyclic amines) is 1. The molecule has 0 aromatic carbocycles. The van der Waals surface area contributed by atoms with Gasteiger partial charge in [-0.15, -0.1) is 0 Å². The minimum absolute atomic E-state index is 0. The van der Waals surface area contributed by atoms with Crippen LogP contribution in [0.25, 0.3) is 0 Å². The molecule has 0 spiro atoms. The molecule has 0 aliphatic carbocycles. The molecule has 0 radical (unpaired) electrons. The fourth-order valence-electron chi connectivity index (χ4n) is 1.28. The normalized spacial score (nSPS) is 19.6. The molecule has 11 heavy (non-hydrogen) atoms. The summed E-state index contributed by atoms with van der Waals surface area (Å²) in [5.74, 6) is 0. The van der Waals surface area contributed by atoms with Gasteiger partial charge in [0.2, 0.25) is 0 Å². The fraction of sp³-hybridized carbons (Fsp3) is 0.875. The zero-order chi connectivity index (χ0) is 7.56. The Bertz CT molecular complexity index is 100. The van der Waals surface area contributed by atoms with Crippen molar-refractivity contribution in [3.05, 3.63) is 6.54 Å². The maximum absolute atomic E-state index is 3.30. The van der Waals surface area contributed by atoms with E-state index >= 15 is 0 Å². The molecular formula is C8H17N2Rb. The molecule has 1 fully saturated rings. The molecule has 1 aliphatic heterocycles. The number of hydrogen-bond acceptors (Lipinski definition) is 2. The van der Waals surface area contributed by atoms with Crippen molar-refractivity contribution in [1.82, 2.24) is 10.2 Å². The summed E-state index contributed by atoms with van der Waals surface area (Å²) >= 11 is 0. The van der Waals surface area contributed by atoms with Gasteiger partial charge in [0, 0.05) is 25.2 Å². The predicted octanol–water partition coefficient (Wildman–Crippen LogP) is -2.15. The molecule has 1 aliphatic rings. The molecule has 2 nitrogen and oxygen atoms in total. The SMILES string of the molecule is C[CH-]NC1CN(C(C)C)C1.[Rb+]. The molecule has 1 N–H and O–H groups in total. The number of nitrogens with zero attached hydrogens (tertiary/aromatic N) is 1. The largest absolute Gasteiger partial charge is 1.00 e. The van der Waals surface area contributed by atoms with E-state index in [-0.39, 0.29) is 58.2 Å². The molecule has 0 aromatic rings. The average Bonchev–Trinajstić information content (AvgIpc) is 1.76. The van der Waals surface area contributed by atoms with Crippen LogP contribution in [0, 0.1) is 6.54 Å². The van der Waals surface area contributed by atoms with Crippen LogP contribution in [0.3, 0.4) is 0 Å². The molecule has 3 heteroatoms. The second-order valence-electron chi connectivity index (χ2n) is 3.20. The van der Waals surface area contributed by atoms with E-state index in [1.807, 2.05) is 13.5 Å². The summed E-state index contributed by atoms with van der Waals surface area (Å²) < 4.78 is 0. The number of hydrogen-bond donors (Lipinski definition) is 1. The molecule has 0 amide bonds. The molecule has 0 saturated carbocycles. The van der Waals surface area contributed by atoms with E-state index in [2.05, 4.69) is 24.1 Å². The van der Waals surface area contributed by atoms with E-state index < -0.39 is 0 Å². The standard InChI is InChI=1S/C8H17N2.Rb/c1-4-9-8-5-10(6-8)7(2)3;/h4,7-9H,5-6H2,1-3H3;/q-1;+1. The first kappa shape index (κ1) is 12.7. The van der Waals surface area contributed by atoms with Gasteiger partial charge in [0.25, 0.3) is 0 Å². The van der Waals surface area contributed by atoms with Crippen LogP contribution in [0.15, 0.2) is 0 Å². The predicted molar refractivity (Wildman–Crippen MR) is 43.6 cm³/mol. The van der Waals surface area contributed by atoms with Crippen molar-refractivity contribution in [2.45, 2.75) is 32.9 Å². The molecule has 0 unspecified atom stereocenters. The van der Waals surface area contributed by atoms with Gasteiger partial charge in [0.15, 0.2) is 0 Å². The average molecular weight is 227 g/mol. The molecule has 60 valence electrons. The Morgan fingerprint density at radius 1 is 1.45 bits per heavy atom. The Labute approximate surface area is 119 Å². The van der Waals surface area contributed by atoms with Crippen molar-refractivity contribution in [2.75, 3.05) is 13.1 Å². The molecule has 0 atom stereocenters. The van der Waals surface area contributed by atoms with Crippen molar-refractivity contribution in [3.63, 3.8) is 0 Å². The minimum Gasteiger partial charge on any atom is -0.465 e. The molecular weight excluding hydrogens is 210 g/mol. The van der Waals surface area contributed by atoms with Gasteiger partial charge in [0.05, 0.1) is 0 Å². The summed E-state index contributed by atoms with van der Waals surface area (Å²) in [4.78, 5) is 2.46. The maximum atomic E-state index is 3.30.